The third kappa shape index (κ3) is 3.66. The number of carbonyl (C=O) groups is 1. The molecule has 0 saturated carbocycles. The lowest BCUT2D eigenvalue weighted by Gasteiger charge is -2.29. The van der Waals surface area contributed by atoms with Crippen LogP contribution in [0.25, 0.3) is 0 Å². The molecule has 0 radical (unpaired) electrons. The minimum atomic E-state index is -3.79. The molecule has 2 aromatic carbocycles. The Morgan fingerprint density at radius 1 is 1.19 bits per heavy atom. The lowest BCUT2D eigenvalue weighted by atomic mass is 10.2. The lowest BCUT2D eigenvalue weighted by Crippen LogP contribution is -2.41. The number of esters is 1. The Balaban J connectivity index is 1.75. The molecule has 1 aliphatic heterocycles. The van der Waals surface area contributed by atoms with Crippen LogP contribution in [0, 0.1) is 0 Å². The largest absolute Gasteiger partial charge is 0.486 e. The predicted molar refractivity (Wildman–Crippen MR) is 94.0 cm³/mol. The van der Waals surface area contributed by atoms with Crippen LogP contribution in [0.5, 0.6) is 11.5 Å². The van der Waals surface area contributed by atoms with Crippen molar-refractivity contribution in [2.24, 2.45) is 0 Å². The highest BCUT2D eigenvalue weighted by Crippen LogP contribution is 2.31. The first kappa shape index (κ1) is 18.2. The number of hydrogen-bond acceptors (Lipinski definition) is 6. The molecule has 3 rings (SSSR count). The zero-order valence-corrected chi connectivity index (χ0v) is 15.2. The molecule has 7 nitrogen and oxygen atoms in total. The molecule has 138 valence electrons. The topological polar surface area (TPSA) is 82.1 Å². The number of ether oxygens (including phenoxy) is 3. The van der Waals surface area contributed by atoms with Gasteiger partial charge in [-0.3, -0.25) is 0 Å². The Morgan fingerprint density at radius 3 is 2.65 bits per heavy atom. The lowest BCUT2D eigenvalue weighted by molar-refractivity contribution is 0.0600. The normalized spacial score (nSPS) is 16.3. The molecule has 0 aliphatic carbocycles. The average Bonchev–Trinajstić information content (AvgIpc) is 2.67. The summed E-state index contributed by atoms with van der Waals surface area (Å²) in [5.74, 6) is 0.632. The summed E-state index contributed by atoms with van der Waals surface area (Å²) < 4.78 is 42.8. The van der Waals surface area contributed by atoms with Gasteiger partial charge >= 0.3 is 5.97 Å². The maximum atomic E-state index is 12.8. The first-order valence-corrected chi connectivity index (χ1v) is 9.39. The number of likely N-dealkylation sites (N-methyl/N-ethyl adjacent to an activating group) is 1. The van der Waals surface area contributed by atoms with E-state index >= 15 is 0 Å². The number of hydrogen-bond donors (Lipinski definition) is 0. The Kier molecular flexibility index (Phi) is 5.15. The van der Waals surface area contributed by atoms with Crippen molar-refractivity contribution in [1.82, 2.24) is 4.31 Å². The Hall–Kier alpha value is -2.58. The number of sulfonamides is 1. The molecule has 0 bridgehead atoms. The molecule has 0 saturated heterocycles. The van der Waals surface area contributed by atoms with Crippen molar-refractivity contribution < 1.29 is 27.4 Å². The van der Waals surface area contributed by atoms with E-state index in [0.717, 1.165) is 0 Å². The van der Waals surface area contributed by atoms with Gasteiger partial charge < -0.3 is 14.2 Å². The number of fused-ring (bicyclic) bond motifs is 1. The second-order valence-corrected chi connectivity index (χ2v) is 7.85. The van der Waals surface area contributed by atoms with Gasteiger partial charge in [0.1, 0.15) is 12.7 Å². The van der Waals surface area contributed by atoms with E-state index in [4.69, 9.17) is 9.47 Å². The molecule has 0 aromatic heterocycles. The van der Waals surface area contributed by atoms with Gasteiger partial charge in [0.15, 0.2) is 11.5 Å². The van der Waals surface area contributed by atoms with Gasteiger partial charge in [0.05, 0.1) is 24.1 Å². The second kappa shape index (κ2) is 7.35. The van der Waals surface area contributed by atoms with Crippen molar-refractivity contribution >= 4 is 16.0 Å². The van der Waals surface area contributed by atoms with Crippen LogP contribution in [0.3, 0.4) is 0 Å². The van der Waals surface area contributed by atoms with Gasteiger partial charge in [-0.1, -0.05) is 18.2 Å². The van der Waals surface area contributed by atoms with Crippen LogP contribution in [0.4, 0.5) is 0 Å². The number of benzene rings is 2. The van der Waals surface area contributed by atoms with Gasteiger partial charge in [-0.05, 0) is 30.3 Å². The standard InChI is InChI=1S/C18H19NO6S/c1-19(11-14-12-24-16-8-3-4-9-17(16)25-14)26(21,22)15-7-5-6-13(10-15)18(20)23-2/h3-10,14H,11-12H2,1-2H3. The molecule has 1 atom stereocenters. The molecule has 1 aliphatic rings. The second-order valence-electron chi connectivity index (χ2n) is 5.80. The van der Waals surface area contributed by atoms with Crippen molar-refractivity contribution in [3.05, 3.63) is 54.1 Å². The molecule has 0 amide bonds. The van der Waals surface area contributed by atoms with Crippen molar-refractivity contribution in [2.75, 3.05) is 27.3 Å². The quantitative estimate of drug-likeness (QED) is 0.741. The Bertz CT molecular complexity index is 911. The van der Waals surface area contributed by atoms with E-state index in [2.05, 4.69) is 4.74 Å². The van der Waals surface area contributed by atoms with E-state index in [9.17, 15) is 13.2 Å². The van der Waals surface area contributed by atoms with Gasteiger partial charge in [-0.15, -0.1) is 0 Å². The zero-order valence-electron chi connectivity index (χ0n) is 14.4. The fraction of sp³-hybridized carbons (Fsp3) is 0.278. The smallest absolute Gasteiger partial charge is 0.337 e. The molecule has 0 N–H and O–H groups in total. The number of methoxy groups -OCH3 is 1. The van der Waals surface area contributed by atoms with E-state index in [1.165, 1.54) is 42.7 Å². The fourth-order valence-corrected chi connectivity index (χ4v) is 3.87. The number of rotatable bonds is 5. The fourth-order valence-electron chi connectivity index (χ4n) is 2.62. The minimum absolute atomic E-state index is 0.0139. The molecule has 0 spiro atoms. The van der Waals surface area contributed by atoms with Crippen molar-refractivity contribution in [1.29, 1.82) is 0 Å². The molecule has 0 fully saturated rings. The van der Waals surface area contributed by atoms with Crippen LogP contribution in [-0.4, -0.2) is 52.1 Å². The average molecular weight is 377 g/mol. The van der Waals surface area contributed by atoms with Crippen molar-refractivity contribution in [3.63, 3.8) is 0 Å². The van der Waals surface area contributed by atoms with E-state index in [1.807, 2.05) is 12.1 Å². The first-order valence-electron chi connectivity index (χ1n) is 7.95. The third-order valence-electron chi connectivity index (χ3n) is 3.99. The SMILES string of the molecule is COC(=O)c1cccc(S(=O)(=O)N(C)CC2COc3ccccc3O2)c1. The van der Waals surface area contributed by atoms with E-state index in [0.29, 0.717) is 11.5 Å². The molecule has 8 heteroatoms. The van der Waals surface area contributed by atoms with Crippen LogP contribution in [0.1, 0.15) is 10.4 Å². The number of nitrogens with zero attached hydrogens (tertiary/aromatic N) is 1. The highest BCUT2D eigenvalue weighted by atomic mass is 32.2. The van der Waals surface area contributed by atoms with Crippen LogP contribution in [0.2, 0.25) is 0 Å². The summed E-state index contributed by atoms with van der Waals surface area (Å²) in [6.07, 6.45) is -0.437. The van der Waals surface area contributed by atoms with Gasteiger partial charge in [-0.2, -0.15) is 4.31 Å². The maximum Gasteiger partial charge on any atom is 0.337 e. The van der Waals surface area contributed by atoms with E-state index in [1.54, 1.807) is 12.1 Å². The summed E-state index contributed by atoms with van der Waals surface area (Å²) in [5, 5.41) is 0. The third-order valence-corrected chi connectivity index (χ3v) is 5.81. The van der Waals surface area contributed by atoms with Crippen LogP contribution in [0.15, 0.2) is 53.4 Å². The van der Waals surface area contributed by atoms with Gasteiger partial charge in [0.25, 0.3) is 0 Å². The summed E-state index contributed by atoms with van der Waals surface area (Å²) in [7, 11) is -1.08. The summed E-state index contributed by atoms with van der Waals surface area (Å²) in [5.41, 5.74) is 0.174. The van der Waals surface area contributed by atoms with Crippen molar-refractivity contribution in [2.45, 2.75) is 11.0 Å². The summed E-state index contributed by atoms with van der Waals surface area (Å²) in [6, 6.07) is 13.0. The molecular formula is C18H19NO6S. The van der Waals surface area contributed by atoms with E-state index < -0.39 is 22.1 Å². The Labute approximate surface area is 152 Å². The first-order chi connectivity index (χ1) is 12.4. The number of carbonyl (C=O) groups excluding carboxylic acids is 1. The zero-order chi connectivity index (χ0) is 18.7. The van der Waals surface area contributed by atoms with Crippen LogP contribution in [-0.2, 0) is 14.8 Å². The highest BCUT2D eigenvalue weighted by molar-refractivity contribution is 7.89. The monoisotopic (exact) mass is 377 g/mol. The summed E-state index contributed by atoms with van der Waals surface area (Å²) >= 11 is 0. The molecule has 2 aromatic rings. The number of para-hydroxylation sites is 2. The van der Waals surface area contributed by atoms with Crippen LogP contribution >= 0.6 is 0 Å². The molecule has 1 unspecified atom stereocenters. The highest BCUT2D eigenvalue weighted by Gasteiger charge is 2.28. The molecule has 26 heavy (non-hydrogen) atoms. The van der Waals surface area contributed by atoms with E-state index in [-0.39, 0.29) is 23.6 Å². The molecule has 1 heterocycles. The van der Waals surface area contributed by atoms with Gasteiger partial charge in [-0.25, -0.2) is 13.2 Å². The van der Waals surface area contributed by atoms with Crippen LogP contribution < -0.4 is 9.47 Å². The predicted octanol–water partition coefficient (Wildman–Crippen LogP) is 1.93. The molecular weight excluding hydrogens is 358 g/mol. The van der Waals surface area contributed by atoms with Gasteiger partial charge in [0.2, 0.25) is 10.0 Å². The minimum Gasteiger partial charge on any atom is -0.486 e. The van der Waals surface area contributed by atoms with Gasteiger partial charge in [0, 0.05) is 7.05 Å². The summed E-state index contributed by atoms with van der Waals surface area (Å²) in [6.45, 7) is 0.359. The maximum absolute atomic E-state index is 12.8. The Morgan fingerprint density at radius 2 is 1.92 bits per heavy atom. The summed E-state index contributed by atoms with van der Waals surface area (Å²) in [4.78, 5) is 11.6. The van der Waals surface area contributed by atoms with Crippen molar-refractivity contribution in [3.8, 4) is 11.5 Å².